The molecular formula is C4H9O3S. The third kappa shape index (κ3) is 1.79. The van der Waals surface area contributed by atoms with E-state index >= 15 is 0 Å². The predicted molar refractivity (Wildman–Crippen MR) is 29.6 cm³/mol. The standard InChI is InChI=1S/C4H9O3S/c1-3-8(6,7)4(2)5/h4H,3H2,1-2H3. The molecule has 1 radical (unpaired) electrons. The smallest absolute Gasteiger partial charge is 0.191 e. The molecule has 1 unspecified atom stereocenters. The van der Waals surface area contributed by atoms with E-state index in [9.17, 15) is 13.5 Å². The fourth-order valence-corrected chi connectivity index (χ4v) is 0.704. The Morgan fingerprint density at radius 3 is 1.88 bits per heavy atom. The van der Waals surface area contributed by atoms with Crippen LogP contribution in [0.1, 0.15) is 13.8 Å². The molecule has 49 valence electrons. The van der Waals surface area contributed by atoms with Crippen molar-refractivity contribution in [2.75, 3.05) is 5.75 Å². The van der Waals surface area contributed by atoms with E-state index in [0.29, 0.717) is 0 Å². The van der Waals surface area contributed by atoms with Gasteiger partial charge in [-0.05, 0) is 6.92 Å². The molecule has 0 aromatic heterocycles. The monoisotopic (exact) mass is 137 g/mol. The van der Waals surface area contributed by atoms with Crippen molar-refractivity contribution < 1.29 is 13.5 Å². The second kappa shape index (κ2) is 2.46. The fraction of sp³-hybridized carbons (Fsp3) is 1.00. The summed E-state index contributed by atoms with van der Waals surface area (Å²) >= 11 is 0. The van der Waals surface area contributed by atoms with Crippen molar-refractivity contribution in [3.8, 4) is 0 Å². The molecular weight excluding hydrogens is 128 g/mol. The van der Waals surface area contributed by atoms with E-state index in [0.717, 1.165) is 6.92 Å². The Balaban J connectivity index is 4.17. The maximum Gasteiger partial charge on any atom is 0.191 e. The van der Waals surface area contributed by atoms with Crippen molar-refractivity contribution in [2.45, 2.75) is 19.3 Å². The lowest BCUT2D eigenvalue weighted by Gasteiger charge is -1.97. The molecule has 0 saturated heterocycles. The highest BCUT2D eigenvalue weighted by Gasteiger charge is 2.15. The maximum atomic E-state index is 10.4. The molecule has 0 N–H and O–H groups in total. The predicted octanol–water partition coefficient (Wildman–Crippen LogP) is 0.198. The molecule has 1 atom stereocenters. The van der Waals surface area contributed by atoms with E-state index in [1.165, 1.54) is 6.92 Å². The van der Waals surface area contributed by atoms with Crippen molar-refractivity contribution >= 4 is 9.84 Å². The molecule has 8 heavy (non-hydrogen) atoms. The molecule has 0 aliphatic carbocycles. The van der Waals surface area contributed by atoms with E-state index in [-0.39, 0.29) is 5.75 Å². The first kappa shape index (κ1) is 7.91. The average Bonchev–Trinajstić information content (AvgIpc) is 1.67. The van der Waals surface area contributed by atoms with E-state index in [4.69, 9.17) is 0 Å². The molecule has 0 aromatic carbocycles. The second-order valence-corrected chi connectivity index (χ2v) is 4.09. The summed E-state index contributed by atoms with van der Waals surface area (Å²) in [5.74, 6) is -0.0579. The van der Waals surface area contributed by atoms with Gasteiger partial charge in [-0.2, -0.15) is 0 Å². The maximum absolute atomic E-state index is 10.4. The SMILES string of the molecule is CCS(=O)(=O)C(C)[O]. The van der Waals surface area contributed by atoms with Gasteiger partial charge < -0.3 is 0 Å². The van der Waals surface area contributed by atoms with E-state index < -0.39 is 15.3 Å². The highest BCUT2D eigenvalue weighted by atomic mass is 32.2. The summed E-state index contributed by atoms with van der Waals surface area (Å²) in [7, 11) is -3.29. The molecule has 0 amide bonds. The van der Waals surface area contributed by atoms with Crippen LogP contribution < -0.4 is 0 Å². The van der Waals surface area contributed by atoms with Crippen molar-refractivity contribution in [3.05, 3.63) is 0 Å². The van der Waals surface area contributed by atoms with Gasteiger partial charge in [0.1, 0.15) is 0 Å². The van der Waals surface area contributed by atoms with Crippen LogP contribution in [-0.2, 0) is 14.9 Å². The third-order valence-corrected chi connectivity index (χ3v) is 2.72. The molecule has 0 spiro atoms. The van der Waals surface area contributed by atoms with Gasteiger partial charge in [0.2, 0.25) is 0 Å². The summed E-state index contributed by atoms with van der Waals surface area (Å²) in [6.07, 6.45) is 0. The van der Waals surface area contributed by atoms with Crippen LogP contribution in [0, 0.1) is 0 Å². The quantitative estimate of drug-likeness (QED) is 0.545. The van der Waals surface area contributed by atoms with Crippen LogP contribution >= 0.6 is 0 Å². The van der Waals surface area contributed by atoms with E-state index in [1.807, 2.05) is 0 Å². The van der Waals surface area contributed by atoms with Crippen molar-refractivity contribution in [1.29, 1.82) is 0 Å². The minimum absolute atomic E-state index is 0.0579. The van der Waals surface area contributed by atoms with Gasteiger partial charge in [0.25, 0.3) is 0 Å². The van der Waals surface area contributed by atoms with Crippen LogP contribution in [0.15, 0.2) is 0 Å². The summed E-state index contributed by atoms with van der Waals surface area (Å²) in [6.45, 7) is 2.60. The van der Waals surface area contributed by atoms with Crippen molar-refractivity contribution in [3.63, 3.8) is 0 Å². The Morgan fingerprint density at radius 1 is 1.50 bits per heavy atom. The van der Waals surface area contributed by atoms with Gasteiger partial charge in [-0.25, -0.2) is 13.5 Å². The zero-order valence-electron chi connectivity index (χ0n) is 4.92. The Hall–Kier alpha value is -0.0900. The molecule has 3 nitrogen and oxygen atoms in total. The van der Waals surface area contributed by atoms with Gasteiger partial charge in [-0.1, -0.05) is 6.92 Å². The molecule has 0 heterocycles. The average molecular weight is 137 g/mol. The summed E-state index contributed by atoms with van der Waals surface area (Å²) < 4.78 is 20.8. The first-order chi connectivity index (χ1) is 3.50. The molecule has 0 aliphatic heterocycles. The minimum Gasteiger partial charge on any atom is -0.226 e. The lowest BCUT2D eigenvalue weighted by Crippen LogP contribution is -2.16. The molecule has 0 bridgehead atoms. The van der Waals surface area contributed by atoms with Gasteiger partial charge in [0.15, 0.2) is 15.3 Å². The molecule has 0 aliphatic rings. The fourth-order valence-electron chi connectivity index (χ4n) is 0.235. The Labute approximate surface area is 49.3 Å². The van der Waals surface area contributed by atoms with Crippen LogP contribution in [0.25, 0.3) is 0 Å². The van der Waals surface area contributed by atoms with Gasteiger partial charge in [-0.15, -0.1) is 0 Å². The van der Waals surface area contributed by atoms with Crippen LogP contribution in [0.4, 0.5) is 0 Å². The molecule has 0 aromatic rings. The summed E-state index contributed by atoms with van der Waals surface area (Å²) in [6, 6.07) is 0. The Morgan fingerprint density at radius 2 is 1.88 bits per heavy atom. The molecule has 0 rings (SSSR count). The van der Waals surface area contributed by atoms with Crippen molar-refractivity contribution in [2.24, 2.45) is 0 Å². The normalized spacial score (nSPS) is 15.9. The van der Waals surface area contributed by atoms with Crippen LogP contribution in [0.3, 0.4) is 0 Å². The van der Waals surface area contributed by atoms with Crippen LogP contribution in [0.5, 0.6) is 0 Å². The molecule has 0 fully saturated rings. The van der Waals surface area contributed by atoms with Gasteiger partial charge in [-0.3, -0.25) is 0 Å². The second-order valence-electron chi connectivity index (χ2n) is 1.52. The Kier molecular flexibility index (Phi) is 2.43. The highest BCUT2D eigenvalue weighted by molar-refractivity contribution is 7.91. The lowest BCUT2D eigenvalue weighted by atomic mass is 10.9. The van der Waals surface area contributed by atoms with Crippen LogP contribution in [0.2, 0.25) is 0 Å². The lowest BCUT2D eigenvalue weighted by molar-refractivity contribution is 0.170. The van der Waals surface area contributed by atoms with Crippen LogP contribution in [-0.4, -0.2) is 19.6 Å². The third-order valence-electron chi connectivity index (χ3n) is 0.908. The van der Waals surface area contributed by atoms with Gasteiger partial charge in [0.05, 0.1) is 5.75 Å². The van der Waals surface area contributed by atoms with E-state index in [2.05, 4.69) is 0 Å². The zero-order chi connectivity index (χ0) is 6.78. The van der Waals surface area contributed by atoms with Crippen molar-refractivity contribution in [1.82, 2.24) is 0 Å². The van der Waals surface area contributed by atoms with Gasteiger partial charge >= 0.3 is 0 Å². The number of hydrogen-bond donors (Lipinski definition) is 0. The topological polar surface area (TPSA) is 54.0 Å². The minimum atomic E-state index is -3.29. The summed E-state index contributed by atoms with van der Waals surface area (Å²) in [5.41, 5.74) is -1.47. The largest absolute Gasteiger partial charge is 0.226 e. The number of rotatable bonds is 2. The Bertz CT molecular complexity index is 145. The summed E-state index contributed by atoms with van der Waals surface area (Å²) in [4.78, 5) is 0. The zero-order valence-corrected chi connectivity index (χ0v) is 5.73. The highest BCUT2D eigenvalue weighted by Crippen LogP contribution is 1.96. The first-order valence-corrected chi connectivity index (χ1v) is 4.09. The first-order valence-electron chi connectivity index (χ1n) is 2.38. The summed E-state index contributed by atoms with van der Waals surface area (Å²) in [5, 5.41) is 10.2. The van der Waals surface area contributed by atoms with E-state index in [1.54, 1.807) is 0 Å². The van der Waals surface area contributed by atoms with Gasteiger partial charge in [0, 0.05) is 0 Å². The molecule has 4 heteroatoms. The number of hydrogen-bond acceptors (Lipinski definition) is 2. The molecule has 0 saturated carbocycles. The number of sulfone groups is 1.